The zero-order chi connectivity index (χ0) is 16.4. The van der Waals surface area contributed by atoms with Gasteiger partial charge in [0.2, 0.25) is 0 Å². The van der Waals surface area contributed by atoms with Crippen LogP contribution in [-0.4, -0.2) is 60.7 Å². The fraction of sp³-hybridized carbons (Fsp3) is 0.750. The van der Waals surface area contributed by atoms with Crippen LogP contribution in [0.2, 0.25) is 0 Å². The van der Waals surface area contributed by atoms with Gasteiger partial charge in [0.1, 0.15) is 0 Å². The van der Waals surface area contributed by atoms with E-state index in [0.717, 1.165) is 19.1 Å². The van der Waals surface area contributed by atoms with Crippen LogP contribution in [0.4, 0.5) is 0 Å². The second-order valence-corrected chi connectivity index (χ2v) is 8.32. The predicted molar refractivity (Wildman–Crippen MR) is 95.8 cm³/mol. The van der Waals surface area contributed by atoms with Crippen LogP contribution in [0.25, 0.3) is 0 Å². The SMILES string of the molecule is COC[C@H]1CC2(CCN(CC3CC3)CC2)CN1Cc1ccncc1. The van der Waals surface area contributed by atoms with Crippen LogP contribution in [-0.2, 0) is 11.3 Å². The third-order valence-electron chi connectivity index (χ3n) is 6.35. The number of likely N-dealkylation sites (tertiary alicyclic amines) is 2. The maximum atomic E-state index is 5.55. The summed E-state index contributed by atoms with van der Waals surface area (Å²) in [6, 6.07) is 4.86. The van der Waals surface area contributed by atoms with Crippen LogP contribution in [0.1, 0.15) is 37.7 Å². The molecule has 1 aliphatic carbocycles. The van der Waals surface area contributed by atoms with Gasteiger partial charge in [0.05, 0.1) is 6.61 Å². The van der Waals surface area contributed by atoms with Crippen molar-refractivity contribution in [3.63, 3.8) is 0 Å². The first-order valence-corrected chi connectivity index (χ1v) is 9.61. The van der Waals surface area contributed by atoms with Crippen LogP contribution in [0, 0.1) is 11.3 Å². The van der Waals surface area contributed by atoms with Gasteiger partial charge in [-0.1, -0.05) is 0 Å². The third-order valence-corrected chi connectivity index (χ3v) is 6.35. The molecule has 1 aromatic rings. The highest BCUT2D eigenvalue weighted by Crippen LogP contribution is 2.44. The van der Waals surface area contributed by atoms with Crippen molar-refractivity contribution in [3.8, 4) is 0 Å². The summed E-state index contributed by atoms with van der Waals surface area (Å²) in [5.74, 6) is 1.02. The average Bonchev–Trinajstić information content (AvgIpc) is 3.36. The molecule has 1 atom stereocenters. The van der Waals surface area contributed by atoms with Crippen LogP contribution in [0.15, 0.2) is 24.5 Å². The van der Waals surface area contributed by atoms with E-state index in [0.29, 0.717) is 11.5 Å². The fourth-order valence-electron chi connectivity index (χ4n) is 4.76. The number of nitrogens with zero attached hydrogens (tertiary/aromatic N) is 3. The van der Waals surface area contributed by atoms with E-state index in [1.807, 2.05) is 19.5 Å². The standard InChI is InChI=1S/C20H31N3O/c1-24-15-19-12-20(6-10-22(11-7-20)13-17-2-3-17)16-23(19)14-18-4-8-21-9-5-18/h4-5,8-9,17,19H,2-3,6-7,10-16H2,1H3/t19-/m1/s1. The number of hydrogen-bond acceptors (Lipinski definition) is 4. The minimum atomic E-state index is 0.524. The summed E-state index contributed by atoms with van der Waals surface area (Å²) in [6.45, 7) is 7.10. The molecule has 0 amide bonds. The summed E-state index contributed by atoms with van der Waals surface area (Å²) < 4.78 is 5.55. The molecule has 4 rings (SSSR count). The van der Waals surface area contributed by atoms with E-state index in [-0.39, 0.29) is 0 Å². The minimum Gasteiger partial charge on any atom is -0.383 e. The fourth-order valence-corrected chi connectivity index (χ4v) is 4.76. The molecule has 0 bridgehead atoms. The van der Waals surface area contributed by atoms with Crippen molar-refractivity contribution < 1.29 is 4.74 Å². The van der Waals surface area contributed by atoms with E-state index in [1.54, 1.807) is 0 Å². The smallest absolute Gasteiger partial charge is 0.0618 e. The minimum absolute atomic E-state index is 0.524. The van der Waals surface area contributed by atoms with Crippen molar-refractivity contribution in [1.29, 1.82) is 0 Å². The Kier molecular flexibility index (Phi) is 4.88. The zero-order valence-corrected chi connectivity index (χ0v) is 15.0. The number of aromatic nitrogens is 1. The molecule has 4 nitrogen and oxygen atoms in total. The summed E-state index contributed by atoms with van der Waals surface area (Å²) in [6.07, 6.45) is 10.8. The lowest BCUT2D eigenvalue weighted by molar-refractivity contribution is 0.103. The van der Waals surface area contributed by atoms with Gasteiger partial charge >= 0.3 is 0 Å². The summed E-state index contributed by atoms with van der Waals surface area (Å²) >= 11 is 0. The topological polar surface area (TPSA) is 28.6 Å². The number of piperidine rings is 1. The van der Waals surface area contributed by atoms with Gasteiger partial charge in [0.15, 0.2) is 0 Å². The first-order valence-electron chi connectivity index (χ1n) is 9.61. The van der Waals surface area contributed by atoms with Crippen molar-refractivity contribution in [1.82, 2.24) is 14.8 Å². The van der Waals surface area contributed by atoms with Crippen LogP contribution >= 0.6 is 0 Å². The molecule has 2 aliphatic heterocycles. The molecule has 0 N–H and O–H groups in total. The van der Waals surface area contributed by atoms with Crippen molar-refractivity contribution >= 4 is 0 Å². The van der Waals surface area contributed by atoms with Gasteiger partial charge in [-0.3, -0.25) is 9.88 Å². The molecular weight excluding hydrogens is 298 g/mol. The summed E-state index contributed by atoms with van der Waals surface area (Å²) in [7, 11) is 1.84. The first-order chi connectivity index (χ1) is 11.8. The summed E-state index contributed by atoms with van der Waals surface area (Å²) in [4.78, 5) is 9.53. The molecule has 0 aromatic carbocycles. The lowest BCUT2D eigenvalue weighted by Crippen LogP contribution is -2.42. The normalized spacial score (nSPS) is 27.8. The molecule has 4 heteroatoms. The first kappa shape index (κ1) is 16.5. The molecule has 132 valence electrons. The number of rotatable bonds is 6. The average molecular weight is 329 g/mol. The number of methoxy groups -OCH3 is 1. The molecule has 0 unspecified atom stereocenters. The lowest BCUT2D eigenvalue weighted by atomic mass is 9.76. The largest absolute Gasteiger partial charge is 0.383 e. The van der Waals surface area contributed by atoms with Crippen LogP contribution < -0.4 is 0 Å². The van der Waals surface area contributed by atoms with Crippen LogP contribution in [0.5, 0.6) is 0 Å². The van der Waals surface area contributed by atoms with Gasteiger partial charge in [0.25, 0.3) is 0 Å². The van der Waals surface area contributed by atoms with Crippen molar-refractivity contribution in [2.75, 3.05) is 39.9 Å². The van der Waals surface area contributed by atoms with E-state index >= 15 is 0 Å². The second kappa shape index (κ2) is 7.11. The van der Waals surface area contributed by atoms with Gasteiger partial charge in [-0.05, 0) is 74.2 Å². The van der Waals surface area contributed by atoms with E-state index < -0.39 is 0 Å². The molecule has 2 saturated heterocycles. The Balaban J connectivity index is 1.38. The zero-order valence-electron chi connectivity index (χ0n) is 15.0. The summed E-state index contributed by atoms with van der Waals surface area (Å²) in [5, 5.41) is 0. The van der Waals surface area contributed by atoms with Gasteiger partial charge in [-0.25, -0.2) is 0 Å². The highest BCUT2D eigenvalue weighted by atomic mass is 16.5. The molecule has 1 spiro atoms. The number of hydrogen-bond donors (Lipinski definition) is 0. The molecule has 1 saturated carbocycles. The Morgan fingerprint density at radius 3 is 2.62 bits per heavy atom. The van der Waals surface area contributed by atoms with E-state index in [9.17, 15) is 0 Å². The molecule has 3 heterocycles. The van der Waals surface area contributed by atoms with E-state index in [1.165, 1.54) is 63.8 Å². The van der Waals surface area contributed by atoms with Crippen molar-refractivity contribution in [2.45, 2.75) is 44.7 Å². The summed E-state index contributed by atoms with van der Waals surface area (Å²) in [5.41, 5.74) is 1.89. The number of ether oxygens (including phenoxy) is 1. The monoisotopic (exact) mass is 329 g/mol. The maximum Gasteiger partial charge on any atom is 0.0618 e. The highest BCUT2D eigenvalue weighted by Gasteiger charge is 2.45. The van der Waals surface area contributed by atoms with Crippen LogP contribution in [0.3, 0.4) is 0 Å². The Morgan fingerprint density at radius 2 is 1.96 bits per heavy atom. The number of pyridine rings is 1. The van der Waals surface area contributed by atoms with Gasteiger partial charge < -0.3 is 9.64 Å². The predicted octanol–water partition coefficient (Wildman–Crippen LogP) is 2.79. The molecular formula is C20H31N3O. The molecule has 24 heavy (non-hydrogen) atoms. The third kappa shape index (κ3) is 3.81. The van der Waals surface area contributed by atoms with E-state index in [2.05, 4.69) is 26.9 Å². The lowest BCUT2D eigenvalue weighted by Gasteiger charge is -2.39. The Morgan fingerprint density at radius 1 is 1.21 bits per heavy atom. The Hall–Kier alpha value is -0.970. The molecule has 0 radical (unpaired) electrons. The van der Waals surface area contributed by atoms with E-state index in [4.69, 9.17) is 4.74 Å². The highest BCUT2D eigenvalue weighted by molar-refractivity contribution is 5.11. The van der Waals surface area contributed by atoms with Gasteiger partial charge in [-0.15, -0.1) is 0 Å². The van der Waals surface area contributed by atoms with Gasteiger partial charge in [-0.2, -0.15) is 0 Å². The Labute approximate surface area is 146 Å². The second-order valence-electron chi connectivity index (χ2n) is 8.32. The van der Waals surface area contributed by atoms with Crippen molar-refractivity contribution in [2.24, 2.45) is 11.3 Å². The quantitative estimate of drug-likeness (QED) is 0.802. The Bertz CT molecular complexity index is 523. The maximum absolute atomic E-state index is 5.55. The molecule has 1 aromatic heterocycles. The van der Waals surface area contributed by atoms with Crippen molar-refractivity contribution in [3.05, 3.63) is 30.1 Å². The van der Waals surface area contributed by atoms with Gasteiger partial charge in [0, 0.05) is 45.2 Å². The molecule has 3 fully saturated rings. The molecule has 3 aliphatic rings.